The molecule has 0 aliphatic carbocycles. The molecule has 3 rings (SSSR count). The number of ether oxygens (including phenoxy) is 2. The van der Waals surface area contributed by atoms with Crippen LogP contribution in [0.3, 0.4) is 0 Å². The molecule has 0 amide bonds. The zero-order valence-corrected chi connectivity index (χ0v) is 13.7. The Morgan fingerprint density at radius 2 is 1.78 bits per heavy atom. The molecular weight excluding hydrogens is 314 g/mol. The van der Waals surface area contributed by atoms with Crippen molar-refractivity contribution in [3.8, 4) is 5.75 Å². The van der Waals surface area contributed by atoms with E-state index in [4.69, 9.17) is 9.47 Å². The lowest BCUT2D eigenvalue weighted by Gasteiger charge is -2.20. The van der Waals surface area contributed by atoms with Crippen LogP contribution in [0.5, 0.6) is 5.75 Å². The Kier molecular flexibility index (Phi) is 4.09. The van der Waals surface area contributed by atoms with Gasteiger partial charge < -0.3 is 9.47 Å². The van der Waals surface area contributed by atoms with Gasteiger partial charge in [0.2, 0.25) is 9.84 Å². The van der Waals surface area contributed by atoms with Gasteiger partial charge in [-0.3, -0.25) is 0 Å². The van der Waals surface area contributed by atoms with E-state index in [1.165, 1.54) is 13.5 Å². The number of sulfone groups is 1. The molecule has 1 aliphatic rings. The average Bonchev–Trinajstić information content (AvgIpc) is 3.05. The first-order chi connectivity index (χ1) is 11.0. The van der Waals surface area contributed by atoms with Crippen LogP contribution in [0.2, 0.25) is 0 Å². The van der Waals surface area contributed by atoms with Crippen molar-refractivity contribution in [2.75, 3.05) is 7.11 Å². The molecular formula is C17H17NO4S. The molecule has 0 spiro atoms. The minimum atomic E-state index is -3.66. The van der Waals surface area contributed by atoms with Gasteiger partial charge in [-0.05, 0) is 25.1 Å². The van der Waals surface area contributed by atoms with Crippen LogP contribution in [-0.2, 0) is 14.6 Å². The van der Waals surface area contributed by atoms with Crippen LogP contribution < -0.4 is 4.74 Å². The van der Waals surface area contributed by atoms with Crippen LogP contribution in [0.1, 0.15) is 17.2 Å². The largest absolute Gasteiger partial charge is 0.496 e. The van der Waals surface area contributed by atoms with Crippen LogP contribution in [0.25, 0.3) is 0 Å². The minimum Gasteiger partial charge on any atom is -0.496 e. The van der Waals surface area contributed by atoms with E-state index in [0.29, 0.717) is 11.3 Å². The SMILES string of the molecule is COc1ccccc1[C@@H]1OC=N[C@H]1S(=O)(=O)c1ccc(C)cc1. The molecule has 6 heteroatoms. The molecule has 1 aliphatic heterocycles. The Morgan fingerprint density at radius 1 is 1.09 bits per heavy atom. The molecule has 120 valence electrons. The summed E-state index contributed by atoms with van der Waals surface area (Å²) in [6.45, 7) is 1.91. The molecule has 2 aromatic rings. The molecule has 0 unspecified atom stereocenters. The second kappa shape index (κ2) is 6.04. The monoisotopic (exact) mass is 331 g/mol. The number of nitrogens with zero attached hydrogens (tertiary/aromatic N) is 1. The average molecular weight is 331 g/mol. The standard InChI is InChI=1S/C17H17NO4S/c1-12-7-9-13(10-8-12)23(19,20)17-16(22-11-18-17)14-5-3-4-6-15(14)21-2/h3-11,16-17H,1-2H3/t16-,17-/m0/s1. The van der Waals surface area contributed by atoms with E-state index in [-0.39, 0.29) is 4.90 Å². The number of hydrogen-bond acceptors (Lipinski definition) is 5. The van der Waals surface area contributed by atoms with Crippen molar-refractivity contribution in [2.24, 2.45) is 4.99 Å². The van der Waals surface area contributed by atoms with Gasteiger partial charge in [0.05, 0.1) is 12.0 Å². The van der Waals surface area contributed by atoms with Crippen LogP contribution in [-0.4, -0.2) is 27.3 Å². The van der Waals surface area contributed by atoms with Crippen LogP contribution in [0.4, 0.5) is 0 Å². The highest BCUT2D eigenvalue weighted by molar-refractivity contribution is 7.92. The fraction of sp³-hybridized carbons (Fsp3) is 0.235. The van der Waals surface area contributed by atoms with E-state index >= 15 is 0 Å². The zero-order chi connectivity index (χ0) is 16.4. The third-order valence-electron chi connectivity index (χ3n) is 3.79. The molecule has 0 aromatic heterocycles. The van der Waals surface area contributed by atoms with Gasteiger partial charge in [0.1, 0.15) is 5.75 Å². The van der Waals surface area contributed by atoms with Gasteiger partial charge >= 0.3 is 0 Å². The number of aliphatic imine (C=N–C) groups is 1. The maximum atomic E-state index is 12.9. The van der Waals surface area contributed by atoms with Gasteiger partial charge in [-0.1, -0.05) is 35.9 Å². The second-order valence-corrected chi connectivity index (χ2v) is 7.35. The molecule has 1 heterocycles. The molecule has 0 N–H and O–H groups in total. The Balaban J connectivity index is 2.01. The Morgan fingerprint density at radius 3 is 2.48 bits per heavy atom. The molecule has 5 nitrogen and oxygen atoms in total. The van der Waals surface area contributed by atoms with Crippen molar-refractivity contribution in [3.05, 3.63) is 59.7 Å². The summed E-state index contributed by atoms with van der Waals surface area (Å²) in [7, 11) is -2.12. The fourth-order valence-corrected chi connectivity index (χ4v) is 4.09. The Bertz CT molecular complexity index is 828. The van der Waals surface area contributed by atoms with Crippen molar-refractivity contribution < 1.29 is 17.9 Å². The van der Waals surface area contributed by atoms with Crippen molar-refractivity contribution in [1.29, 1.82) is 0 Å². The topological polar surface area (TPSA) is 65.0 Å². The molecule has 0 saturated heterocycles. The van der Waals surface area contributed by atoms with E-state index in [1.54, 1.807) is 36.4 Å². The van der Waals surface area contributed by atoms with Crippen molar-refractivity contribution in [3.63, 3.8) is 0 Å². The van der Waals surface area contributed by atoms with Crippen molar-refractivity contribution in [1.82, 2.24) is 0 Å². The number of rotatable bonds is 4. The maximum absolute atomic E-state index is 12.9. The van der Waals surface area contributed by atoms with Crippen LogP contribution in [0.15, 0.2) is 58.4 Å². The molecule has 2 aromatic carbocycles. The third kappa shape index (κ3) is 2.82. The van der Waals surface area contributed by atoms with E-state index in [9.17, 15) is 8.42 Å². The number of benzene rings is 2. The molecule has 0 bridgehead atoms. The first-order valence-electron chi connectivity index (χ1n) is 7.14. The summed E-state index contributed by atoms with van der Waals surface area (Å²) in [5.41, 5.74) is 1.66. The number of methoxy groups -OCH3 is 1. The number of para-hydroxylation sites is 1. The Hall–Kier alpha value is -2.34. The zero-order valence-electron chi connectivity index (χ0n) is 12.8. The quantitative estimate of drug-likeness (QED) is 0.864. The van der Waals surface area contributed by atoms with Crippen LogP contribution >= 0.6 is 0 Å². The summed E-state index contributed by atoms with van der Waals surface area (Å²) in [6.07, 6.45) is 0.477. The maximum Gasteiger partial charge on any atom is 0.205 e. The van der Waals surface area contributed by atoms with Gasteiger partial charge in [-0.25, -0.2) is 13.4 Å². The van der Waals surface area contributed by atoms with Gasteiger partial charge in [0, 0.05) is 5.56 Å². The highest BCUT2D eigenvalue weighted by Gasteiger charge is 2.40. The summed E-state index contributed by atoms with van der Waals surface area (Å²) >= 11 is 0. The molecule has 0 saturated carbocycles. The normalized spacial score (nSPS) is 20.3. The van der Waals surface area contributed by atoms with E-state index < -0.39 is 21.3 Å². The summed E-state index contributed by atoms with van der Waals surface area (Å²) in [5.74, 6) is 0.576. The first-order valence-corrected chi connectivity index (χ1v) is 8.69. The number of aryl methyl sites for hydroxylation is 1. The first kappa shape index (κ1) is 15.6. The van der Waals surface area contributed by atoms with Crippen LogP contribution in [0, 0.1) is 6.92 Å². The van der Waals surface area contributed by atoms with Gasteiger partial charge in [0.25, 0.3) is 0 Å². The third-order valence-corrected chi connectivity index (χ3v) is 5.72. The summed E-state index contributed by atoms with van der Waals surface area (Å²) in [5, 5.41) is -1.03. The Labute approximate surface area is 135 Å². The number of hydrogen-bond donors (Lipinski definition) is 0. The van der Waals surface area contributed by atoms with Crippen molar-refractivity contribution in [2.45, 2.75) is 23.3 Å². The fourth-order valence-electron chi connectivity index (χ4n) is 2.54. The van der Waals surface area contributed by atoms with Gasteiger partial charge in [-0.2, -0.15) is 0 Å². The summed E-state index contributed by atoms with van der Waals surface area (Å²) in [6, 6.07) is 13.9. The minimum absolute atomic E-state index is 0.232. The van der Waals surface area contributed by atoms with E-state index in [1.807, 2.05) is 19.1 Å². The van der Waals surface area contributed by atoms with Crippen molar-refractivity contribution >= 4 is 16.2 Å². The molecule has 23 heavy (non-hydrogen) atoms. The molecule has 0 radical (unpaired) electrons. The van der Waals surface area contributed by atoms with Gasteiger partial charge in [0.15, 0.2) is 17.9 Å². The predicted molar refractivity (Wildman–Crippen MR) is 87.5 cm³/mol. The lowest BCUT2D eigenvalue weighted by molar-refractivity contribution is 0.221. The molecule has 2 atom stereocenters. The lowest BCUT2D eigenvalue weighted by Crippen LogP contribution is -2.25. The lowest BCUT2D eigenvalue weighted by atomic mass is 10.1. The van der Waals surface area contributed by atoms with Gasteiger partial charge in [-0.15, -0.1) is 0 Å². The summed E-state index contributed by atoms with van der Waals surface area (Å²) < 4.78 is 36.6. The molecule has 0 fully saturated rings. The predicted octanol–water partition coefficient (Wildman–Crippen LogP) is 2.90. The summed E-state index contributed by atoms with van der Waals surface area (Å²) in [4.78, 5) is 4.28. The second-order valence-electron chi connectivity index (χ2n) is 5.30. The highest BCUT2D eigenvalue weighted by atomic mass is 32.2. The van der Waals surface area contributed by atoms with E-state index in [2.05, 4.69) is 4.99 Å². The van der Waals surface area contributed by atoms with E-state index in [0.717, 1.165) is 5.56 Å². The highest BCUT2D eigenvalue weighted by Crippen LogP contribution is 2.37. The smallest absolute Gasteiger partial charge is 0.205 e.